The standard InChI is InChI=1S/C24H21N3O2/c1-2-24(29)27-16-26-21-14-20(10-11-22(21)27)18-6-8-19(9-7-18)23(28)12-5-17-4-3-13-25-15-17/h3-4,6-11,13-16H,2,5,12H2,1H3. The summed E-state index contributed by atoms with van der Waals surface area (Å²) in [5.74, 6) is 0.141. The van der Waals surface area contributed by atoms with Crippen LogP contribution in [0, 0.1) is 0 Å². The molecule has 0 radical (unpaired) electrons. The Bertz CT molecular complexity index is 1160. The average molecular weight is 383 g/mol. The van der Waals surface area contributed by atoms with E-state index >= 15 is 0 Å². The number of imidazole rings is 1. The lowest BCUT2D eigenvalue weighted by atomic mass is 9.99. The molecule has 144 valence electrons. The summed E-state index contributed by atoms with van der Waals surface area (Å²) < 4.78 is 1.59. The number of hydrogen-bond donors (Lipinski definition) is 0. The maximum atomic E-state index is 12.5. The molecule has 0 aliphatic rings. The molecule has 5 heteroatoms. The molecule has 4 rings (SSSR count). The molecule has 29 heavy (non-hydrogen) atoms. The second kappa shape index (κ2) is 8.19. The Kier molecular flexibility index (Phi) is 5.29. The van der Waals surface area contributed by atoms with Crippen molar-refractivity contribution in [1.29, 1.82) is 0 Å². The number of aromatic nitrogens is 3. The number of benzene rings is 2. The number of pyridine rings is 1. The van der Waals surface area contributed by atoms with Crippen LogP contribution < -0.4 is 0 Å². The van der Waals surface area contributed by atoms with Crippen LogP contribution in [0.3, 0.4) is 0 Å². The van der Waals surface area contributed by atoms with E-state index in [-0.39, 0.29) is 11.7 Å². The van der Waals surface area contributed by atoms with Crippen LogP contribution in [-0.4, -0.2) is 26.2 Å². The molecule has 0 atom stereocenters. The first-order valence-electron chi connectivity index (χ1n) is 9.68. The summed E-state index contributed by atoms with van der Waals surface area (Å²) in [4.78, 5) is 32.9. The first-order chi connectivity index (χ1) is 14.2. The summed E-state index contributed by atoms with van der Waals surface area (Å²) in [5, 5.41) is 0. The topological polar surface area (TPSA) is 64.8 Å². The lowest BCUT2D eigenvalue weighted by molar-refractivity contribution is 0.0912. The Balaban J connectivity index is 1.50. The van der Waals surface area contributed by atoms with Crippen molar-refractivity contribution in [2.45, 2.75) is 26.2 Å². The lowest BCUT2D eigenvalue weighted by Crippen LogP contribution is -2.06. The van der Waals surface area contributed by atoms with Gasteiger partial charge in [-0.25, -0.2) is 4.98 Å². The Labute approximate surface area is 169 Å². The maximum Gasteiger partial charge on any atom is 0.232 e. The summed E-state index contributed by atoms with van der Waals surface area (Å²) in [6, 6.07) is 17.4. The monoisotopic (exact) mass is 383 g/mol. The first kappa shape index (κ1) is 18.7. The zero-order valence-electron chi connectivity index (χ0n) is 16.2. The fourth-order valence-electron chi connectivity index (χ4n) is 3.36. The molecule has 0 saturated carbocycles. The SMILES string of the molecule is CCC(=O)n1cnc2cc(-c3ccc(C(=O)CCc4cccnc4)cc3)ccc21. The summed E-state index contributed by atoms with van der Waals surface area (Å²) >= 11 is 0. The summed E-state index contributed by atoms with van der Waals surface area (Å²) in [6.45, 7) is 1.84. The van der Waals surface area contributed by atoms with Gasteiger partial charge >= 0.3 is 0 Å². The van der Waals surface area contributed by atoms with E-state index in [9.17, 15) is 9.59 Å². The van der Waals surface area contributed by atoms with E-state index in [0.29, 0.717) is 24.8 Å². The highest BCUT2D eigenvalue weighted by atomic mass is 16.2. The van der Waals surface area contributed by atoms with Gasteiger partial charge in [-0.05, 0) is 41.3 Å². The molecule has 0 amide bonds. The third kappa shape index (κ3) is 3.99. The first-order valence-corrected chi connectivity index (χ1v) is 9.68. The fraction of sp³-hybridized carbons (Fsp3) is 0.167. The predicted octanol–water partition coefficient (Wildman–Crippen LogP) is 4.96. The molecule has 0 saturated heterocycles. The van der Waals surface area contributed by atoms with E-state index in [1.165, 1.54) is 0 Å². The molecule has 0 aliphatic carbocycles. The van der Waals surface area contributed by atoms with Crippen LogP contribution in [0.25, 0.3) is 22.2 Å². The summed E-state index contributed by atoms with van der Waals surface area (Å²) in [7, 11) is 0. The number of fused-ring (bicyclic) bond motifs is 1. The molecule has 0 spiro atoms. The summed E-state index contributed by atoms with van der Waals surface area (Å²) in [5.41, 5.74) is 5.36. The van der Waals surface area contributed by atoms with E-state index in [2.05, 4.69) is 9.97 Å². The number of ketones is 1. The van der Waals surface area contributed by atoms with Crippen LogP contribution in [0.5, 0.6) is 0 Å². The van der Waals surface area contributed by atoms with Gasteiger partial charge in [-0.15, -0.1) is 0 Å². The van der Waals surface area contributed by atoms with Crippen LogP contribution in [0.1, 0.15) is 40.5 Å². The van der Waals surface area contributed by atoms with Crippen molar-refractivity contribution in [1.82, 2.24) is 14.5 Å². The maximum absolute atomic E-state index is 12.5. The zero-order valence-corrected chi connectivity index (χ0v) is 16.2. The highest BCUT2D eigenvalue weighted by molar-refractivity contribution is 5.97. The number of aryl methyl sites for hydroxylation is 1. The quantitative estimate of drug-likeness (QED) is 0.441. The molecule has 0 aliphatic heterocycles. The molecule has 5 nitrogen and oxygen atoms in total. The normalized spacial score (nSPS) is 10.9. The smallest absolute Gasteiger partial charge is 0.232 e. The molecule has 2 aromatic heterocycles. The highest BCUT2D eigenvalue weighted by Gasteiger charge is 2.10. The third-order valence-electron chi connectivity index (χ3n) is 5.02. The molecule has 2 aromatic carbocycles. The van der Waals surface area contributed by atoms with Gasteiger partial charge in [0, 0.05) is 30.8 Å². The molecule has 0 unspecified atom stereocenters. The minimum Gasteiger partial charge on any atom is -0.294 e. The van der Waals surface area contributed by atoms with Crippen LogP contribution in [0.15, 0.2) is 73.3 Å². The molecular formula is C24H21N3O2. The molecule has 0 fully saturated rings. The van der Waals surface area contributed by atoms with Gasteiger partial charge in [0.15, 0.2) is 5.78 Å². The van der Waals surface area contributed by atoms with Crippen LogP contribution in [0.2, 0.25) is 0 Å². The number of carbonyl (C=O) groups is 2. The Morgan fingerprint density at radius 1 is 1.00 bits per heavy atom. The van der Waals surface area contributed by atoms with Crippen molar-refractivity contribution < 1.29 is 9.59 Å². The average Bonchev–Trinajstić information content (AvgIpc) is 3.21. The highest BCUT2D eigenvalue weighted by Crippen LogP contribution is 2.25. The van der Waals surface area contributed by atoms with Crippen molar-refractivity contribution in [2.75, 3.05) is 0 Å². The second-order valence-electron chi connectivity index (χ2n) is 6.93. The van der Waals surface area contributed by atoms with Gasteiger partial charge < -0.3 is 0 Å². The van der Waals surface area contributed by atoms with Gasteiger partial charge in [-0.1, -0.05) is 43.3 Å². The molecule has 0 N–H and O–H groups in total. The van der Waals surface area contributed by atoms with Gasteiger partial charge in [0.05, 0.1) is 11.0 Å². The van der Waals surface area contributed by atoms with Crippen molar-refractivity contribution in [3.05, 3.63) is 84.4 Å². The lowest BCUT2D eigenvalue weighted by Gasteiger charge is -2.06. The Morgan fingerprint density at radius 2 is 1.79 bits per heavy atom. The van der Waals surface area contributed by atoms with Gasteiger partial charge in [0.25, 0.3) is 0 Å². The Morgan fingerprint density at radius 3 is 2.52 bits per heavy atom. The number of hydrogen-bond acceptors (Lipinski definition) is 4. The minimum atomic E-state index is 0.0226. The van der Waals surface area contributed by atoms with Crippen molar-refractivity contribution in [3.63, 3.8) is 0 Å². The second-order valence-corrected chi connectivity index (χ2v) is 6.93. The largest absolute Gasteiger partial charge is 0.294 e. The van der Waals surface area contributed by atoms with Crippen molar-refractivity contribution in [2.24, 2.45) is 0 Å². The van der Waals surface area contributed by atoms with Crippen molar-refractivity contribution >= 4 is 22.7 Å². The van der Waals surface area contributed by atoms with E-state index in [4.69, 9.17) is 0 Å². The number of Topliss-reactive ketones (excluding diaryl/α,β-unsaturated/α-hetero) is 1. The third-order valence-corrected chi connectivity index (χ3v) is 5.02. The van der Waals surface area contributed by atoms with Gasteiger partial charge in [-0.3, -0.25) is 19.1 Å². The summed E-state index contributed by atoms with van der Waals surface area (Å²) in [6.07, 6.45) is 6.67. The van der Waals surface area contributed by atoms with E-state index in [1.54, 1.807) is 23.3 Å². The van der Waals surface area contributed by atoms with Gasteiger partial charge in [-0.2, -0.15) is 0 Å². The zero-order chi connectivity index (χ0) is 20.2. The van der Waals surface area contributed by atoms with E-state index < -0.39 is 0 Å². The van der Waals surface area contributed by atoms with Crippen LogP contribution in [0.4, 0.5) is 0 Å². The van der Waals surface area contributed by atoms with Gasteiger partial charge in [0.1, 0.15) is 6.33 Å². The van der Waals surface area contributed by atoms with E-state index in [0.717, 1.165) is 27.7 Å². The number of carbonyl (C=O) groups excluding carboxylic acids is 2. The Hall–Kier alpha value is -3.60. The molecule has 2 heterocycles. The molecule has 4 aromatic rings. The number of rotatable bonds is 6. The predicted molar refractivity (Wildman–Crippen MR) is 113 cm³/mol. The van der Waals surface area contributed by atoms with Crippen molar-refractivity contribution in [3.8, 4) is 11.1 Å². The van der Waals surface area contributed by atoms with Gasteiger partial charge in [0.2, 0.25) is 5.91 Å². The van der Waals surface area contributed by atoms with E-state index in [1.807, 2.05) is 61.5 Å². The minimum absolute atomic E-state index is 0.0226. The fourth-order valence-corrected chi connectivity index (χ4v) is 3.36. The molecule has 0 bridgehead atoms. The van der Waals surface area contributed by atoms with Crippen LogP contribution in [-0.2, 0) is 6.42 Å². The number of nitrogens with zero attached hydrogens (tertiary/aromatic N) is 3. The molecular weight excluding hydrogens is 362 g/mol. The van der Waals surface area contributed by atoms with Crippen LogP contribution >= 0.6 is 0 Å².